The molecule has 0 spiro atoms. The predicted octanol–water partition coefficient (Wildman–Crippen LogP) is 3.26. The lowest BCUT2D eigenvalue weighted by atomic mass is 9.95. The molecule has 3 rings (SSSR count). The zero-order valence-electron chi connectivity index (χ0n) is 9.10. The fourth-order valence-corrected chi connectivity index (χ4v) is 2.66. The van der Waals surface area contributed by atoms with Gasteiger partial charge in [-0.3, -0.25) is 0 Å². The van der Waals surface area contributed by atoms with E-state index in [1.165, 1.54) is 18.9 Å². The second-order valence-electron chi connectivity index (χ2n) is 5.03. The summed E-state index contributed by atoms with van der Waals surface area (Å²) in [6.45, 7) is 0.873. The zero-order valence-corrected chi connectivity index (χ0v) is 9.86. The largest absolute Gasteiger partial charge is 0.313 e. The van der Waals surface area contributed by atoms with Crippen LogP contribution < -0.4 is 5.32 Å². The highest BCUT2D eigenvalue weighted by Crippen LogP contribution is 2.51. The molecule has 2 aliphatic rings. The molecule has 0 unspecified atom stereocenters. The lowest BCUT2D eigenvalue weighted by Gasteiger charge is -2.18. The van der Waals surface area contributed by atoms with Crippen LogP contribution in [0.5, 0.6) is 0 Å². The van der Waals surface area contributed by atoms with Crippen molar-refractivity contribution in [1.82, 2.24) is 5.32 Å². The molecule has 0 aromatic heterocycles. The number of benzene rings is 1. The van der Waals surface area contributed by atoms with Gasteiger partial charge in [0, 0.05) is 28.6 Å². The van der Waals surface area contributed by atoms with Crippen LogP contribution in [0.25, 0.3) is 0 Å². The van der Waals surface area contributed by atoms with Crippen LogP contribution in [0.15, 0.2) is 18.2 Å². The van der Waals surface area contributed by atoms with Crippen LogP contribution in [-0.4, -0.2) is 12.6 Å². The second-order valence-corrected chi connectivity index (χ2v) is 5.44. The summed E-state index contributed by atoms with van der Waals surface area (Å²) in [4.78, 5) is 0. The smallest absolute Gasteiger partial charge is 0.128 e. The fraction of sp³-hybridized carbons (Fsp3) is 0.538. The van der Waals surface area contributed by atoms with Gasteiger partial charge in [0.15, 0.2) is 0 Å². The van der Waals surface area contributed by atoms with Crippen molar-refractivity contribution in [2.75, 3.05) is 6.54 Å². The quantitative estimate of drug-likeness (QED) is 0.851. The molecule has 1 nitrogen and oxygen atoms in total. The molecule has 2 saturated carbocycles. The standard InChI is InChI=1S/C13H15ClFN/c14-10-2-1-3-11(15)12(10)13(6-7-13)8-16-9-4-5-9/h1-3,9,16H,4-8H2. The molecule has 86 valence electrons. The minimum absolute atomic E-state index is 0.0228. The highest BCUT2D eigenvalue weighted by Gasteiger charge is 2.47. The Morgan fingerprint density at radius 2 is 2.12 bits per heavy atom. The van der Waals surface area contributed by atoms with Crippen molar-refractivity contribution in [3.05, 3.63) is 34.6 Å². The summed E-state index contributed by atoms with van der Waals surface area (Å²) in [6.07, 6.45) is 4.63. The third-order valence-corrected chi connectivity index (χ3v) is 3.97. The maximum atomic E-state index is 13.8. The first kappa shape index (κ1) is 10.5. The average molecular weight is 240 g/mol. The van der Waals surface area contributed by atoms with Crippen molar-refractivity contribution >= 4 is 11.6 Å². The predicted molar refractivity (Wildman–Crippen MR) is 63.3 cm³/mol. The molecule has 0 bridgehead atoms. The average Bonchev–Trinajstić information content (AvgIpc) is 3.12. The van der Waals surface area contributed by atoms with Crippen molar-refractivity contribution in [3.8, 4) is 0 Å². The van der Waals surface area contributed by atoms with Crippen LogP contribution in [0, 0.1) is 5.82 Å². The normalized spacial score (nSPS) is 22.1. The molecule has 0 saturated heterocycles. The molecular formula is C13H15ClFN. The van der Waals surface area contributed by atoms with Gasteiger partial charge in [0.05, 0.1) is 0 Å². The van der Waals surface area contributed by atoms with Gasteiger partial charge in [-0.2, -0.15) is 0 Å². The van der Waals surface area contributed by atoms with Crippen LogP contribution >= 0.6 is 11.6 Å². The van der Waals surface area contributed by atoms with E-state index in [1.807, 2.05) is 0 Å². The molecule has 0 heterocycles. The Hall–Kier alpha value is -0.600. The highest BCUT2D eigenvalue weighted by molar-refractivity contribution is 6.31. The van der Waals surface area contributed by atoms with E-state index in [2.05, 4.69) is 5.32 Å². The maximum absolute atomic E-state index is 13.8. The van der Waals surface area contributed by atoms with E-state index in [1.54, 1.807) is 12.1 Å². The van der Waals surface area contributed by atoms with Crippen molar-refractivity contribution in [1.29, 1.82) is 0 Å². The van der Waals surface area contributed by atoms with E-state index < -0.39 is 0 Å². The van der Waals surface area contributed by atoms with Crippen molar-refractivity contribution in [3.63, 3.8) is 0 Å². The Morgan fingerprint density at radius 3 is 2.69 bits per heavy atom. The molecule has 1 aromatic carbocycles. The van der Waals surface area contributed by atoms with Crippen molar-refractivity contribution in [2.45, 2.75) is 37.1 Å². The van der Waals surface area contributed by atoms with E-state index in [0.29, 0.717) is 11.1 Å². The van der Waals surface area contributed by atoms with Gasteiger partial charge in [0.1, 0.15) is 5.82 Å². The molecule has 0 atom stereocenters. The van der Waals surface area contributed by atoms with E-state index in [9.17, 15) is 4.39 Å². The van der Waals surface area contributed by atoms with Gasteiger partial charge in [-0.15, -0.1) is 0 Å². The first-order valence-corrected chi connectivity index (χ1v) is 6.27. The Bertz CT molecular complexity index is 390. The van der Waals surface area contributed by atoms with Gasteiger partial charge in [-0.05, 0) is 37.8 Å². The van der Waals surface area contributed by atoms with Crippen molar-refractivity contribution < 1.29 is 4.39 Å². The van der Waals surface area contributed by atoms with E-state index in [-0.39, 0.29) is 11.2 Å². The summed E-state index contributed by atoms with van der Waals surface area (Å²) >= 11 is 6.12. The molecule has 0 aliphatic heterocycles. The van der Waals surface area contributed by atoms with Crippen LogP contribution in [0.1, 0.15) is 31.2 Å². The SMILES string of the molecule is Fc1cccc(Cl)c1C1(CNC2CC2)CC1. The van der Waals surface area contributed by atoms with Gasteiger partial charge < -0.3 is 5.32 Å². The minimum Gasteiger partial charge on any atom is -0.313 e. The molecule has 1 N–H and O–H groups in total. The van der Waals surface area contributed by atoms with E-state index >= 15 is 0 Å². The summed E-state index contributed by atoms with van der Waals surface area (Å²) in [5, 5.41) is 4.07. The number of hydrogen-bond donors (Lipinski definition) is 1. The van der Waals surface area contributed by atoms with Gasteiger partial charge in [0.2, 0.25) is 0 Å². The molecule has 2 aliphatic carbocycles. The van der Waals surface area contributed by atoms with Crippen LogP contribution in [0.3, 0.4) is 0 Å². The summed E-state index contributed by atoms with van der Waals surface area (Å²) in [5.74, 6) is -0.150. The van der Waals surface area contributed by atoms with Gasteiger partial charge in [-0.25, -0.2) is 4.39 Å². The molecule has 2 fully saturated rings. The van der Waals surface area contributed by atoms with Crippen LogP contribution in [0.2, 0.25) is 5.02 Å². The molecule has 3 heteroatoms. The number of hydrogen-bond acceptors (Lipinski definition) is 1. The number of rotatable bonds is 4. The Labute approximate surface area is 100.0 Å². The van der Waals surface area contributed by atoms with Gasteiger partial charge in [0.25, 0.3) is 0 Å². The molecule has 1 aromatic rings. The summed E-state index contributed by atoms with van der Waals surface area (Å²) < 4.78 is 13.8. The van der Waals surface area contributed by atoms with Gasteiger partial charge in [-0.1, -0.05) is 17.7 Å². The first-order chi connectivity index (χ1) is 7.71. The molecule has 0 amide bonds. The number of nitrogens with one attached hydrogen (secondary N) is 1. The second kappa shape index (κ2) is 3.71. The Kier molecular flexibility index (Phi) is 2.45. The van der Waals surface area contributed by atoms with Gasteiger partial charge >= 0.3 is 0 Å². The topological polar surface area (TPSA) is 12.0 Å². The molecule has 16 heavy (non-hydrogen) atoms. The summed E-state index contributed by atoms with van der Waals surface area (Å²) in [6, 6.07) is 5.64. The fourth-order valence-electron chi connectivity index (χ4n) is 2.30. The summed E-state index contributed by atoms with van der Waals surface area (Å²) in [5.41, 5.74) is 0.704. The summed E-state index contributed by atoms with van der Waals surface area (Å²) in [7, 11) is 0. The zero-order chi connectivity index (χ0) is 11.2. The lowest BCUT2D eigenvalue weighted by Crippen LogP contribution is -2.29. The third kappa shape index (κ3) is 1.85. The number of halogens is 2. The molecule has 0 radical (unpaired) electrons. The lowest BCUT2D eigenvalue weighted by molar-refractivity contribution is 0.529. The first-order valence-electron chi connectivity index (χ1n) is 5.89. The van der Waals surface area contributed by atoms with E-state index in [0.717, 1.165) is 24.9 Å². The Balaban J connectivity index is 1.83. The minimum atomic E-state index is -0.150. The third-order valence-electron chi connectivity index (χ3n) is 3.65. The van der Waals surface area contributed by atoms with Crippen LogP contribution in [-0.2, 0) is 5.41 Å². The monoisotopic (exact) mass is 239 g/mol. The van der Waals surface area contributed by atoms with Crippen molar-refractivity contribution in [2.24, 2.45) is 0 Å². The van der Waals surface area contributed by atoms with E-state index in [4.69, 9.17) is 11.6 Å². The maximum Gasteiger partial charge on any atom is 0.128 e. The molecular weight excluding hydrogens is 225 g/mol. The Morgan fingerprint density at radius 1 is 1.38 bits per heavy atom. The highest BCUT2D eigenvalue weighted by atomic mass is 35.5. The van der Waals surface area contributed by atoms with Crippen LogP contribution in [0.4, 0.5) is 4.39 Å².